The van der Waals surface area contributed by atoms with Crippen LogP contribution in [0.5, 0.6) is 5.75 Å². The first kappa shape index (κ1) is 12.7. The van der Waals surface area contributed by atoms with Gasteiger partial charge in [-0.2, -0.15) is 0 Å². The number of hydrogen-bond acceptors (Lipinski definition) is 4. The second kappa shape index (κ2) is 4.89. The molecule has 6 heteroatoms. The van der Waals surface area contributed by atoms with Crippen molar-refractivity contribution in [3.05, 3.63) is 36.2 Å². The van der Waals surface area contributed by atoms with E-state index in [-0.39, 0.29) is 24.4 Å². The van der Waals surface area contributed by atoms with Gasteiger partial charge < -0.3 is 19.2 Å². The number of nitrogens with zero attached hydrogens (tertiary/aromatic N) is 2. The zero-order valence-corrected chi connectivity index (χ0v) is 9.92. The number of hydrogen-bond donors (Lipinski definition) is 0. The quantitative estimate of drug-likeness (QED) is 0.506. The van der Waals surface area contributed by atoms with Crippen molar-refractivity contribution in [1.82, 2.24) is 9.55 Å². The number of imidazole rings is 1. The van der Waals surface area contributed by atoms with Crippen LogP contribution in [0.4, 0.5) is 0 Å². The summed E-state index contributed by atoms with van der Waals surface area (Å²) in [7, 11) is 0. The van der Waals surface area contributed by atoms with Gasteiger partial charge in [0.2, 0.25) is 0 Å². The van der Waals surface area contributed by atoms with Crippen molar-refractivity contribution < 1.29 is 33.5 Å². The smallest absolute Gasteiger partial charge is 0.545 e. The number of benzene rings is 1. The van der Waals surface area contributed by atoms with E-state index in [1.54, 1.807) is 12.3 Å². The van der Waals surface area contributed by atoms with E-state index in [2.05, 4.69) is 4.98 Å². The van der Waals surface area contributed by atoms with Crippen LogP contribution in [0.1, 0.15) is 10.4 Å². The molecule has 0 radical (unpaired) electrons. The molecular weight excluding hydrogens is 227 g/mol. The van der Waals surface area contributed by atoms with Gasteiger partial charge in [0, 0.05) is 18.0 Å². The second-order valence-corrected chi connectivity index (χ2v) is 3.79. The number of carbonyl (C=O) groups is 1. The molecule has 1 aliphatic heterocycles. The summed E-state index contributed by atoms with van der Waals surface area (Å²) in [5.74, 6) is 0.128. The molecule has 1 aromatic carbocycles. The normalized spacial score (nSPS) is 12.4. The first-order valence-electron chi connectivity index (χ1n) is 5.25. The monoisotopic (exact) mass is 236 g/mol. The maximum absolute atomic E-state index is 10.8. The van der Waals surface area contributed by atoms with Crippen LogP contribution >= 0.6 is 0 Å². The fraction of sp³-hybridized carbons (Fsp3) is 0.167. The van der Waals surface area contributed by atoms with E-state index in [1.807, 2.05) is 10.8 Å². The predicted molar refractivity (Wildman–Crippen MR) is 57.5 cm³/mol. The molecule has 1 aliphatic rings. The molecule has 2 heterocycles. The molecular formula is C12H9LiN2O3. The van der Waals surface area contributed by atoms with Crippen LogP contribution in [0, 0.1) is 0 Å². The number of rotatable bonds is 1. The van der Waals surface area contributed by atoms with Crippen LogP contribution in [0.3, 0.4) is 0 Å². The van der Waals surface area contributed by atoms with Crippen molar-refractivity contribution in [2.24, 2.45) is 0 Å². The zero-order chi connectivity index (χ0) is 11.8. The molecule has 5 nitrogen and oxygen atoms in total. The SMILES string of the molecule is O=C([O-])c1ccc2c(c1)OCCn1ccnc1-2.[Li+]. The Morgan fingerprint density at radius 2 is 2.28 bits per heavy atom. The number of aromatic nitrogens is 2. The molecule has 0 bridgehead atoms. The summed E-state index contributed by atoms with van der Waals surface area (Å²) in [5, 5.41) is 10.8. The molecule has 0 aliphatic carbocycles. The topological polar surface area (TPSA) is 67.2 Å². The zero-order valence-electron chi connectivity index (χ0n) is 9.92. The molecule has 0 amide bonds. The van der Waals surface area contributed by atoms with Gasteiger partial charge in [-0.25, -0.2) is 4.98 Å². The van der Waals surface area contributed by atoms with Gasteiger partial charge in [0.05, 0.1) is 18.1 Å². The Kier molecular flexibility index (Phi) is 3.46. The third kappa shape index (κ3) is 2.03. The summed E-state index contributed by atoms with van der Waals surface area (Å²) >= 11 is 0. The molecule has 2 aromatic rings. The van der Waals surface area contributed by atoms with Crippen molar-refractivity contribution in [1.29, 1.82) is 0 Å². The summed E-state index contributed by atoms with van der Waals surface area (Å²) in [6.45, 7) is 1.19. The average Bonchev–Trinajstić information content (AvgIpc) is 2.71. The van der Waals surface area contributed by atoms with Gasteiger partial charge in [-0.05, 0) is 12.1 Å². The second-order valence-electron chi connectivity index (χ2n) is 3.79. The van der Waals surface area contributed by atoms with Crippen LogP contribution in [0.25, 0.3) is 11.4 Å². The minimum atomic E-state index is -1.20. The number of carbonyl (C=O) groups excluding carboxylic acids is 1. The van der Waals surface area contributed by atoms with E-state index in [9.17, 15) is 9.90 Å². The van der Waals surface area contributed by atoms with Crippen LogP contribution in [-0.4, -0.2) is 22.1 Å². The Morgan fingerprint density at radius 3 is 3.06 bits per heavy atom. The number of fused-ring (bicyclic) bond motifs is 3. The van der Waals surface area contributed by atoms with Gasteiger partial charge in [0.15, 0.2) is 0 Å². The molecule has 1 aromatic heterocycles. The van der Waals surface area contributed by atoms with E-state index in [0.717, 1.165) is 11.4 Å². The summed E-state index contributed by atoms with van der Waals surface area (Å²) in [6, 6.07) is 4.68. The molecule has 0 saturated heterocycles. The number of aromatic carboxylic acids is 1. The number of carboxylic acid groups (broad SMARTS) is 1. The molecule has 0 N–H and O–H groups in total. The Labute approximate surface area is 116 Å². The maximum atomic E-state index is 10.8. The van der Waals surface area contributed by atoms with E-state index >= 15 is 0 Å². The van der Waals surface area contributed by atoms with Gasteiger partial charge in [-0.3, -0.25) is 0 Å². The Morgan fingerprint density at radius 1 is 1.44 bits per heavy atom. The van der Waals surface area contributed by atoms with E-state index in [4.69, 9.17) is 4.74 Å². The number of ether oxygens (including phenoxy) is 1. The van der Waals surface area contributed by atoms with Crippen molar-refractivity contribution in [2.75, 3.05) is 6.61 Å². The van der Waals surface area contributed by atoms with Gasteiger partial charge in [0.25, 0.3) is 0 Å². The van der Waals surface area contributed by atoms with Crippen molar-refractivity contribution >= 4 is 5.97 Å². The molecule has 0 fully saturated rings. The summed E-state index contributed by atoms with van der Waals surface area (Å²) in [6.07, 6.45) is 3.59. The Balaban J connectivity index is 0.00000120. The molecule has 0 unspecified atom stereocenters. The van der Waals surface area contributed by atoms with Crippen LogP contribution in [0.15, 0.2) is 30.6 Å². The third-order valence-electron chi connectivity index (χ3n) is 2.76. The third-order valence-corrected chi connectivity index (χ3v) is 2.76. The van der Waals surface area contributed by atoms with Crippen molar-refractivity contribution in [3.8, 4) is 17.1 Å². The van der Waals surface area contributed by atoms with Crippen molar-refractivity contribution in [3.63, 3.8) is 0 Å². The largest absolute Gasteiger partial charge is 1.00 e. The van der Waals surface area contributed by atoms with E-state index < -0.39 is 5.97 Å². The van der Waals surface area contributed by atoms with Crippen molar-refractivity contribution in [2.45, 2.75) is 6.54 Å². The first-order chi connectivity index (χ1) is 8.25. The predicted octanol–water partition coefficient (Wildman–Crippen LogP) is -2.69. The van der Waals surface area contributed by atoms with Crippen LogP contribution in [0.2, 0.25) is 0 Å². The first-order valence-corrected chi connectivity index (χ1v) is 5.25. The van der Waals surface area contributed by atoms with Gasteiger partial charge in [-0.1, -0.05) is 6.07 Å². The van der Waals surface area contributed by atoms with Gasteiger partial charge >= 0.3 is 18.9 Å². The number of carboxylic acids is 1. The minimum Gasteiger partial charge on any atom is -0.545 e. The molecule has 18 heavy (non-hydrogen) atoms. The summed E-state index contributed by atoms with van der Waals surface area (Å²) in [4.78, 5) is 15.0. The Bertz CT molecular complexity index is 595. The molecule has 0 spiro atoms. The fourth-order valence-electron chi connectivity index (χ4n) is 1.94. The standard InChI is InChI=1S/C12H10N2O3.Li/c15-12(16)8-1-2-9-10(7-8)17-6-5-14-4-3-13-11(9)14;/h1-4,7H,5-6H2,(H,15,16);/q;+1/p-1. The maximum Gasteiger partial charge on any atom is 1.00 e. The molecule has 0 atom stereocenters. The van der Waals surface area contributed by atoms with E-state index in [1.165, 1.54) is 12.1 Å². The van der Waals surface area contributed by atoms with Gasteiger partial charge in [-0.15, -0.1) is 0 Å². The average molecular weight is 236 g/mol. The minimum absolute atomic E-state index is 0. The molecule has 0 saturated carbocycles. The summed E-state index contributed by atoms with van der Waals surface area (Å²) in [5.41, 5.74) is 0.918. The molecule has 86 valence electrons. The Hall–Kier alpha value is -1.70. The van der Waals surface area contributed by atoms with Crippen LogP contribution in [-0.2, 0) is 6.54 Å². The van der Waals surface area contributed by atoms with E-state index in [0.29, 0.717) is 18.9 Å². The summed E-state index contributed by atoms with van der Waals surface area (Å²) < 4.78 is 7.50. The fourth-order valence-corrected chi connectivity index (χ4v) is 1.94. The van der Waals surface area contributed by atoms with Gasteiger partial charge in [0.1, 0.15) is 18.2 Å². The molecule has 3 rings (SSSR count). The van der Waals surface area contributed by atoms with Crippen LogP contribution < -0.4 is 28.7 Å².